The van der Waals surface area contributed by atoms with Gasteiger partial charge in [-0.2, -0.15) is 0 Å². The highest BCUT2D eigenvalue weighted by Gasteiger charge is 2.20. The Balaban J connectivity index is 1.49. The summed E-state index contributed by atoms with van der Waals surface area (Å²) in [6, 6.07) is 18.9. The molecule has 4 aromatic rings. The molecule has 0 bridgehead atoms. The third-order valence-corrected chi connectivity index (χ3v) is 6.35. The maximum Gasteiger partial charge on any atom is 0.138 e. The SMILES string of the molecule is CC(C)(C)c1ccc(Nc2ncc(-c3ccnc(C4CCOCC4)n3)c3ccccc23)cc1. The van der Waals surface area contributed by atoms with Crippen LogP contribution in [0.4, 0.5) is 11.5 Å². The minimum atomic E-state index is 0.131. The summed E-state index contributed by atoms with van der Waals surface area (Å²) in [5, 5.41) is 5.70. The minimum absolute atomic E-state index is 0.131. The Morgan fingerprint density at radius 3 is 2.33 bits per heavy atom. The zero-order valence-electron chi connectivity index (χ0n) is 19.5. The molecule has 0 atom stereocenters. The summed E-state index contributed by atoms with van der Waals surface area (Å²) >= 11 is 0. The van der Waals surface area contributed by atoms with Crippen LogP contribution in [0.5, 0.6) is 0 Å². The Kier molecular flexibility index (Phi) is 5.81. The van der Waals surface area contributed by atoms with E-state index in [2.05, 4.69) is 79.6 Å². The summed E-state index contributed by atoms with van der Waals surface area (Å²) in [5.74, 6) is 2.10. The van der Waals surface area contributed by atoms with Crippen molar-refractivity contribution in [3.05, 3.63) is 78.4 Å². The predicted octanol–water partition coefficient (Wildman–Crippen LogP) is 6.63. The summed E-state index contributed by atoms with van der Waals surface area (Å²) < 4.78 is 5.51. The van der Waals surface area contributed by atoms with Crippen LogP contribution >= 0.6 is 0 Å². The number of aromatic nitrogens is 3. The van der Waals surface area contributed by atoms with E-state index in [1.807, 2.05) is 18.5 Å². The second kappa shape index (κ2) is 8.91. The van der Waals surface area contributed by atoms with Crippen molar-refractivity contribution in [2.75, 3.05) is 18.5 Å². The fourth-order valence-electron chi connectivity index (χ4n) is 4.36. The van der Waals surface area contributed by atoms with Crippen molar-refractivity contribution in [2.45, 2.75) is 44.9 Å². The van der Waals surface area contributed by atoms with Gasteiger partial charge >= 0.3 is 0 Å². The van der Waals surface area contributed by atoms with Crippen molar-refractivity contribution in [2.24, 2.45) is 0 Å². The number of ether oxygens (including phenoxy) is 1. The van der Waals surface area contributed by atoms with E-state index in [0.29, 0.717) is 5.92 Å². The third-order valence-electron chi connectivity index (χ3n) is 6.35. The number of nitrogens with one attached hydrogen (secondary N) is 1. The van der Waals surface area contributed by atoms with Crippen LogP contribution in [0.3, 0.4) is 0 Å². The molecule has 0 amide bonds. The first-order valence-electron chi connectivity index (χ1n) is 11.7. The smallest absolute Gasteiger partial charge is 0.138 e. The highest BCUT2D eigenvalue weighted by molar-refractivity contribution is 6.01. The van der Waals surface area contributed by atoms with Crippen LogP contribution < -0.4 is 5.32 Å². The quantitative estimate of drug-likeness (QED) is 0.388. The molecule has 0 unspecified atom stereocenters. The van der Waals surface area contributed by atoms with Crippen molar-refractivity contribution in [1.29, 1.82) is 0 Å². The zero-order chi connectivity index (χ0) is 22.8. The number of benzene rings is 2. The van der Waals surface area contributed by atoms with Crippen LogP contribution in [0.25, 0.3) is 22.0 Å². The average Bonchev–Trinajstić information content (AvgIpc) is 2.85. The Labute approximate surface area is 195 Å². The molecule has 5 heteroatoms. The van der Waals surface area contributed by atoms with Gasteiger partial charge in [-0.25, -0.2) is 15.0 Å². The fraction of sp³-hybridized carbons (Fsp3) is 0.321. The molecule has 0 aliphatic carbocycles. The van der Waals surface area contributed by atoms with Gasteiger partial charge in [0.2, 0.25) is 0 Å². The Morgan fingerprint density at radius 1 is 0.879 bits per heavy atom. The highest BCUT2D eigenvalue weighted by atomic mass is 16.5. The standard InChI is InChI=1S/C28H30N4O/c1-28(2,3)20-8-10-21(11-9-20)31-27-23-7-5-4-6-22(23)24(18-30-27)25-12-15-29-26(32-25)19-13-16-33-17-14-19/h4-12,15,18-19H,13-14,16-17H2,1-3H3,(H,30,31). The third kappa shape index (κ3) is 4.60. The molecule has 33 heavy (non-hydrogen) atoms. The van der Waals surface area contributed by atoms with Gasteiger partial charge in [-0.15, -0.1) is 0 Å². The van der Waals surface area contributed by atoms with Crippen molar-refractivity contribution < 1.29 is 4.74 Å². The first-order chi connectivity index (χ1) is 16.0. The summed E-state index contributed by atoms with van der Waals surface area (Å²) in [7, 11) is 0. The van der Waals surface area contributed by atoms with Crippen molar-refractivity contribution in [3.63, 3.8) is 0 Å². The monoisotopic (exact) mass is 438 g/mol. The first kappa shape index (κ1) is 21.5. The van der Waals surface area contributed by atoms with E-state index < -0.39 is 0 Å². The van der Waals surface area contributed by atoms with Gasteiger partial charge < -0.3 is 10.1 Å². The highest BCUT2D eigenvalue weighted by Crippen LogP contribution is 2.33. The number of anilines is 2. The van der Waals surface area contributed by atoms with Crippen LogP contribution in [0.15, 0.2) is 67.0 Å². The number of hydrogen-bond acceptors (Lipinski definition) is 5. The topological polar surface area (TPSA) is 59.9 Å². The van der Waals surface area contributed by atoms with E-state index in [1.54, 1.807) is 0 Å². The fourth-order valence-corrected chi connectivity index (χ4v) is 4.36. The number of hydrogen-bond donors (Lipinski definition) is 1. The van der Waals surface area contributed by atoms with E-state index in [0.717, 1.165) is 65.4 Å². The molecule has 1 fully saturated rings. The lowest BCUT2D eigenvalue weighted by Crippen LogP contribution is -2.16. The second-order valence-electron chi connectivity index (χ2n) is 9.71. The average molecular weight is 439 g/mol. The number of fused-ring (bicyclic) bond motifs is 1. The van der Waals surface area contributed by atoms with E-state index in [9.17, 15) is 0 Å². The van der Waals surface area contributed by atoms with Crippen molar-refractivity contribution in [3.8, 4) is 11.3 Å². The maximum absolute atomic E-state index is 5.51. The largest absolute Gasteiger partial charge is 0.381 e. The van der Waals surface area contributed by atoms with Gasteiger partial charge in [0.15, 0.2) is 0 Å². The molecule has 5 nitrogen and oxygen atoms in total. The Morgan fingerprint density at radius 2 is 1.61 bits per heavy atom. The lowest BCUT2D eigenvalue weighted by atomic mass is 9.87. The molecule has 1 saturated heterocycles. The zero-order valence-corrected chi connectivity index (χ0v) is 19.5. The molecule has 1 aliphatic rings. The van der Waals surface area contributed by atoms with Crippen molar-refractivity contribution >= 4 is 22.3 Å². The molecule has 1 N–H and O–H groups in total. The summed E-state index contributed by atoms with van der Waals surface area (Å²) in [4.78, 5) is 14.3. The van der Waals surface area contributed by atoms with Gasteiger partial charge in [0.1, 0.15) is 11.6 Å². The van der Waals surface area contributed by atoms with E-state index in [-0.39, 0.29) is 5.41 Å². The first-order valence-corrected chi connectivity index (χ1v) is 11.7. The lowest BCUT2D eigenvalue weighted by Gasteiger charge is -2.21. The lowest BCUT2D eigenvalue weighted by molar-refractivity contribution is 0.0836. The van der Waals surface area contributed by atoms with E-state index >= 15 is 0 Å². The van der Waals surface area contributed by atoms with Gasteiger partial charge in [-0.3, -0.25) is 0 Å². The van der Waals surface area contributed by atoms with Crippen LogP contribution in [-0.4, -0.2) is 28.2 Å². The number of pyridine rings is 1. The summed E-state index contributed by atoms with van der Waals surface area (Å²) in [6.45, 7) is 8.23. The Bertz CT molecular complexity index is 1260. The molecule has 0 saturated carbocycles. The summed E-state index contributed by atoms with van der Waals surface area (Å²) in [6.07, 6.45) is 5.73. The molecule has 0 spiro atoms. The molecule has 3 heterocycles. The van der Waals surface area contributed by atoms with Gasteiger partial charge in [-0.1, -0.05) is 57.2 Å². The molecule has 2 aromatic carbocycles. The van der Waals surface area contributed by atoms with Gasteiger partial charge in [0.25, 0.3) is 0 Å². The minimum Gasteiger partial charge on any atom is -0.381 e. The van der Waals surface area contributed by atoms with Gasteiger partial charge in [0.05, 0.1) is 5.69 Å². The van der Waals surface area contributed by atoms with Crippen LogP contribution in [0, 0.1) is 0 Å². The molecule has 168 valence electrons. The second-order valence-corrected chi connectivity index (χ2v) is 9.71. The van der Waals surface area contributed by atoms with Crippen LogP contribution in [-0.2, 0) is 10.2 Å². The summed E-state index contributed by atoms with van der Waals surface area (Å²) in [5.41, 5.74) is 4.40. The predicted molar refractivity (Wildman–Crippen MR) is 134 cm³/mol. The molecule has 5 rings (SSSR count). The molecule has 1 aliphatic heterocycles. The number of nitrogens with zero attached hydrogens (tertiary/aromatic N) is 3. The van der Waals surface area contributed by atoms with Gasteiger partial charge in [0, 0.05) is 48.2 Å². The molecule has 2 aromatic heterocycles. The van der Waals surface area contributed by atoms with Crippen LogP contribution in [0.1, 0.15) is 50.9 Å². The van der Waals surface area contributed by atoms with Gasteiger partial charge in [-0.05, 0) is 47.4 Å². The Hall–Kier alpha value is -3.31. The van der Waals surface area contributed by atoms with Crippen LogP contribution in [0.2, 0.25) is 0 Å². The molecule has 0 radical (unpaired) electrons. The van der Waals surface area contributed by atoms with Crippen molar-refractivity contribution in [1.82, 2.24) is 15.0 Å². The normalized spacial score (nSPS) is 15.0. The number of rotatable bonds is 4. The molecular formula is C28H30N4O. The molecular weight excluding hydrogens is 408 g/mol. The maximum atomic E-state index is 5.51. The van der Waals surface area contributed by atoms with E-state index in [1.165, 1.54) is 5.56 Å². The van der Waals surface area contributed by atoms with E-state index in [4.69, 9.17) is 14.7 Å².